The molecule has 0 unspecified atom stereocenters. The van der Waals surface area contributed by atoms with Gasteiger partial charge in [0.1, 0.15) is 30.9 Å². The first-order valence-electron chi connectivity index (χ1n) is 33.8. The van der Waals surface area contributed by atoms with Crippen molar-refractivity contribution in [3.63, 3.8) is 0 Å². The molecule has 10 rings (SSSR count). The summed E-state index contributed by atoms with van der Waals surface area (Å²) >= 11 is 0. The number of benzene rings is 6. The highest BCUT2D eigenvalue weighted by Gasteiger charge is 2.50. The van der Waals surface area contributed by atoms with Crippen molar-refractivity contribution in [1.29, 1.82) is 0 Å². The fraction of sp³-hybridized carbons (Fsp3) is 0.453. The molecule has 2 atom stereocenters. The second-order valence-corrected chi connectivity index (χ2v) is 26.4. The predicted octanol–water partition coefficient (Wildman–Crippen LogP) is 12.7. The Hall–Kier alpha value is -8.22. The molecule has 524 valence electrons. The Kier molecular flexibility index (Phi) is 24.2. The summed E-state index contributed by atoms with van der Waals surface area (Å²) in [6.45, 7) is 5.96. The molecule has 16 nitrogen and oxygen atoms in total. The van der Waals surface area contributed by atoms with E-state index in [0.717, 1.165) is 91.0 Å². The molecule has 0 bridgehead atoms. The van der Waals surface area contributed by atoms with Crippen LogP contribution in [0.4, 0.5) is 41.2 Å². The lowest BCUT2D eigenvalue weighted by molar-refractivity contribution is -0.143. The Morgan fingerprint density at radius 1 is 0.653 bits per heavy atom. The second-order valence-electron chi connectivity index (χ2n) is 26.4. The van der Waals surface area contributed by atoms with Crippen LogP contribution < -0.4 is 10.6 Å². The number of likely N-dealkylation sites (N-methyl/N-ethyl adjacent to an activating group) is 2. The number of alkyl halides is 6. The van der Waals surface area contributed by atoms with Crippen LogP contribution >= 0.6 is 0 Å². The lowest BCUT2D eigenvalue weighted by Gasteiger charge is -2.44. The maximum atomic E-state index is 14.3. The van der Waals surface area contributed by atoms with Crippen LogP contribution in [-0.2, 0) is 60.1 Å². The number of nitrogens with one attached hydrogen (secondary N) is 2. The quantitative estimate of drug-likeness (QED) is 0.0374. The van der Waals surface area contributed by atoms with Crippen LogP contribution in [0.2, 0.25) is 0 Å². The van der Waals surface area contributed by atoms with Crippen molar-refractivity contribution in [2.75, 3.05) is 112 Å². The maximum Gasteiger partial charge on any atom is 0.416 e. The minimum Gasteiger partial charge on any atom is -0.446 e. The van der Waals surface area contributed by atoms with E-state index in [9.17, 15) is 54.7 Å². The molecule has 98 heavy (non-hydrogen) atoms. The summed E-state index contributed by atoms with van der Waals surface area (Å²) in [4.78, 5) is 77.6. The third-order valence-corrected chi connectivity index (χ3v) is 19.7. The van der Waals surface area contributed by atoms with Crippen molar-refractivity contribution in [1.82, 2.24) is 34.7 Å². The molecule has 23 heteroatoms. The summed E-state index contributed by atoms with van der Waals surface area (Å²) in [5.74, 6) is -1.80. The van der Waals surface area contributed by atoms with Gasteiger partial charge in [0.15, 0.2) is 0 Å². The summed E-state index contributed by atoms with van der Waals surface area (Å²) in [5.41, 5.74) is 1.30. The Labute approximate surface area is 568 Å². The van der Waals surface area contributed by atoms with Gasteiger partial charge in [-0.3, -0.25) is 24.5 Å². The van der Waals surface area contributed by atoms with Gasteiger partial charge >= 0.3 is 18.4 Å². The lowest BCUT2D eigenvalue weighted by Crippen LogP contribution is -2.50. The fourth-order valence-corrected chi connectivity index (χ4v) is 13.9. The van der Waals surface area contributed by atoms with Gasteiger partial charge in [-0.05, 0) is 154 Å². The first kappa shape index (κ1) is 72.5. The molecule has 6 aromatic rings. The number of nitrogens with zero attached hydrogens (tertiary/aromatic N) is 6. The number of hydrogen-bond acceptors (Lipinski definition) is 11. The van der Waals surface area contributed by atoms with Crippen LogP contribution in [0, 0.1) is 5.82 Å². The topological polar surface area (TPSA) is 157 Å². The molecule has 6 aromatic carbocycles. The van der Waals surface area contributed by atoms with Gasteiger partial charge in [-0.25, -0.2) is 9.18 Å². The van der Waals surface area contributed by atoms with E-state index in [1.807, 2.05) is 92.0 Å². The van der Waals surface area contributed by atoms with Crippen LogP contribution in [0.25, 0.3) is 11.1 Å². The predicted molar refractivity (Wildman–Crippen MR) is 358 cm³/mol. The third-order valence-electron chi connectivity index (χ3n) is 19.7. The number of carbonyl (C=O) groups excluding carboxylic acids is 5. The molecule has 3 saturated heterocycles. The van der Waals surface area contributed by atoms with Crippen molar-refractivity contribution >= 4 is 35.4 Å². The molecular weight excluding hydrogens is 1270 g/mol. The smallest absolute Gasteiger partial charge is 0.416 e. The number of ether oxygens (including phenoxy) is 3. The molecule has 3 heterocycles. The van der Waals surface area contributed by atoms with Gasteiger partial charge in [0, 0.05) is 102 Å². The second kappa shape index (κ2) is 32.6. The average molecular weight is 1360 g/mol. The van der Waals surface area contributed by atoms with Gasteiger partial charge in [0.25, 0.3) is 11.8 Å². The van der Waals surface area contributed by atoms with Crippen LogP contribution in [-0.4, -0.2) is 178 Å². The Bertz CT molecular complexity index is 3660. The van der Waals surface area contributed by atoms with E-state index in [2.05, 4.69) is 32.6 Å². The van der Waals surface area contributed by atoms with E-state index in [1.165, 1.54) is 24.3 Å². The molecule has 0 radical (unpaired) electrons. The standard InChI is InChI=1S/C75H87F7N8O8/c1-85(35-15-36-87(3)69(93)56-20-14-16-53(44-56)49-83-34-13-5-8-24-67(91)86(2)42-43-88-37-29-62(30-38-88)98-71(95)84-65-23-12-10-21-63(65)54-17-6-4-7-18-54)68(92)50-96-66-47-55-19-9-11-22-64(55)72(66)31-39-89(40-32-72)41-33-73(58-25-27-61(76)28-26-58)51-90(52-97-73)70(94)57-45-59(74(77,78)79)48-60(46-57)75(80,81)82/h4,6-7,9-12,14,16-23,25-28,44-46,48,62,66,83H,5,8,13,15,24,29-43,47,49-52H2,1-3H3,(H,84,95)/t66-,73-/m0/s1. The van der Waals surface area contributed by atoms with Crippen molar-refractivity contribution < 1.29 is 68.9 Å². The molecular formula is C75H87F7N8O8. The molecule has 5 amide bonds. The highest BCUT2D eigenvalue weighted by Crippen LogP contribution is 2.48. The van der Waals surface area contributed by atoms with Crippen molar-refractivity contribution in [3.05, 3.63) is 196 Å². The zero-order valence-electron chi connectivity index (χ0n) is 55.8. The molecule has 0 saturated carbocycles. The number of para-hydroxylation sites is 1. The Morgan fingerprint density at radius 3 is 2.04 bits per heavy atom. The molecule has 4 aliphatic rings. The number of carbonyl (C=O) groups is 5. The number of amides is 5. The van der Waals surface area contributed by atoms with Crippen LogP contribution in [0.3, 0.4) is 0 Å². The number of halogens is 7. The monoisotopic (exact) mass is 1360 g/mol. The van der Waals surface area contributed by atoms with E-state index in [1.54, 1.807) is 34.9 Å². The average Bonchev–Trinajstić information content (AvgIpc) is 1.57. The van der Waals surface area contributed by atoms with Crippen LogP contribution in [0.15, 0.2) is 146 Å². The van der Waals surface area contributed by atoms with Gasteiger partial charge < -0.3 is 48.9 Å². The molecule has 3 fully saturated rings. The largest absolute Gasteiger partial charge is 0.446 e. The first-order valence-corrected chi connectivity index (χ1v) is 33.8. The Morgan fingerprint density at radius 2 is 1.32 bits per heavy atom. The third kappa shape index (κ3) is 18.5. The fourth-order valence-electron chi connectivity index (χ4n) is 13.9. The summed E-state index contributed by atoms with van der Waals surface area (Å²) in [6.07, 6.45) is -3.96. The number of rotatable bonds is 27. The van der Waals surface area contributed by atoms with E-state index in [-0.39, 0.29) is 55.6 Å². The summed E-state index contributed by atoms with van der Waals surface area (Å²) < 4.78 is 116. The van der Waals surface area contributed by atoms with Gasteiger partial charge in [-0.15, -0.1) is 0 Å². The number of piperidine rings is 2. The summed E-state index contributed by atoms with van der Waals surface area (Å²) in [6, 6.07) is 39.5. The number of hydrogen-bond donors (Lipinski definition) is 2. The first-order chi connectivity index (χ1) is 47.0. The molecule has 1 spiro atoms. The summed E-state index contributed by atoms with van der Waals surface area (Å²) in [5, 5.41) is 6.40. The normalized spacial score (nSPS) is 18.1. The minimum absolute atomic E-state index is 0.0279. The number of fused-ring (bicyclic) bond motifs is 2. The highest BCUT2D eigenvalue weighted by atomic mass is 19.4. The maximum absolute atomic E-state index is 14.3. The SMILES string of the molecule is CN(CCN1CCC(OC(=O)Nc2ccccc2-c2ccccc2)CC1)C(=O)CCCCCNCc1cccc(C(=O)N(C)CCCN(C)C(=O)CO[C@H]2Cc3ccccc3C23CCN(CC[C@@]2(c4ccc(F)cc4)CN(C(=O)c4cc(C(F)(F)F)cc(C(F)(F)F)c4)CO2)CC3)c1. The molecule has 2 N–H and O–H groups in total. The summed E-state index contributed by atoms with van der Waals surface area (Å²) in [7, 11) is 5.32. The van der Waals surface area contributed by atoms with Gasteiger partial charge in [-0.1, -0.05) is 103 Å². The molecule has 3 aliphatic heterocycles. The number of anilines is 1. The van der Waals surface area contributed by atoms with E-state index >= 15 is 0 Å². The molecule has 0 aromatic heterocycles. The zero-order valence-corrected chi connectivity index (χ0v) is 55.8. The Balaban J connectivity index is 0.605. The van der Waals surface area contributed by atoms with E-state index in [0.29, 0.717) is 107 Å². The minimum atomic E-state index is -5.15. The molecule has 1 aliphatic carbocycles. The highest BCUT2D eigenvalue weighted by molar-refractivity contribution is 5.95. The van der Waals surface area contributed by atoms with Crippen molar-refractivity contribution in [2.24, 2.45) is 0 Å². The van der Waals surface area contributed by atoms with Gasteiger partial charge in [0.2, 0.25) is 11.8 Å². The van der Waals surface area contributed by atoms with Gasteiger partial charge in [-0.2, -0.15) is 26.3 Å². The van der Waals surface area contributed by atoms with Gasteiger partial charge in [0.05, 0.1) is 29.5 Å². The number of unbranched alkanes of at least 4 members (excludes halogenated alkanes) is 2. The van der Waals surface area contributed by atoms with Crippen molar-refractivity contribution in [2.45, 2.75) is 113 Å². The lowest BCUT2D eigenvalue weighted by atomic mass is 9.72. The number of likely N-dealkylation sites (tertiary alicyclic amines) is 2. The van der Waals surface area contributed by atoms with Crippen LogP contribution in [0.5, 0.6) is 0 Å². The van der Waals surface area contributed by atoms with E-state index in [4.69, 9.17) is 14.2 Å². The van der Waals surface area contributed by atoms with Crippen LogP contribution in [0.1, 0.15) is 118 Å². The van der Waals surface area contributed by atoms with Crippen molar-refractivity contribution in [3.8, 4) is 11.1 Å². The van der Waals surface area contributed by atoms with E-state index < -0.39 is 64.6 Å². The zero-order chi connectivity index (χ0) is 69.6.